The quantitative estimate of drug-likeness (QED) is 0.840. The van der Waals surface area contributed by atoms with Crippen LogP contribution in [0.4, 0.5) is 0 Å². The fraction of sp³-hybridized carbons (Fsp3) is 0.400. The Kier molecular flexibility index (Phi) is 4.73. The average Bonchev–Trinajstić information content (AvgIpc) is 2.17. The van der Waals surface area contributed by atoms with E-state index in [1.165, 1.54) is 0 Å². The van der Waals surface area contributed by atoms with Crippen molar-refractivity contribution in [1.82, 2.24) is 4.72 Å². The van der Waals surface area contributed by atoms with E-state index in [4.69, 9.17) is 17.3 Å². The highest BCUT2D eigenvalue weighted by molar-refractivity contribution is 7.89. The van der Waals surface area contributed by atoms with Crippen LogP contribution in [0.2, 0.25) is 5.02 Å². The molecule has 0 saturated heterocycles. The first-order valence-corrected chi connectivity index (χ1v) is 6.93. The van der Waals surface area contributed by atoms with E-state index < -0.39 is 10.0 Å². The Morgan fingerprint density at radius 2 is 1.94 bits per heavy atom. The molecule has 0 heterocycles. The third-order valence-electron chi connectivity index (χ3n) is 2.11. The molecular weight excluding hydrogens is 248 g/mol. The van der Waals surface area contributed by atoms with Crippen molar-refractivity contribution >= 4 is 21.6 Å². The number of rotatable bonds is 5. The molecule has 0 radical (unpaired) electrons. The predicted molar refractivity (Wildman–Crippen MR) is 65.8 cm³/mol. The summed E-state index contributed by atoms with van der Waals surface area (Å²) in [5, 5.41) is 0.626. The highest BCUT2D eigenvalue weighted by Gasteiger charge is 2.14. The maximum atomic E-state index is 11.5. The zero-order chi connectivity index (χ0) is 12.2. The van der Waals surface area contributed by atoms with Gasteiger partial charge in [-0.2, -0.15) is 0 Å². The van der Waals surface area contributed by atoms with Crippen molar-refractivity contribution in [3.8, 4) is 0 Å². The standard InChI is InChI=1S/C10H15ClN2O2S/c1-8(13-16(14,15)7-6-12)9-2-4-10(11)5-3-9/h2-5,8,13H,6-7,12H2,1H3. The monoisotopic (exact) mass is 262 g/mol. The summed E-state index contributed by atoms with van der Waals surface area (Å²) in [6, 6.07) is 6.75. The molecule has 0 spiro atoms. The molecule has 0 bridgehead atoms. The molecule has 0 saturated carbocycles. The average molecular weight is 263 g/mol. The summed E-state index contributed by atoms with van der Waals surface area (Å²) in [7, 11) is -3.30. The summed E-state index contributed by atoms with van der Waals surface area (Å²) < 4.78 is 25.5. The van der Waals surface area contributed by atoms with E-state index in [9.17, 15) is 8.42 Å². The van der Waals surface area contributed by atoms with Gasteiger partial charge in [0, 0.05) is 17.6 Å². The number of hydrogen-bond acceptors (Lipinski definition) is 3. The Hall–Kier alpha value is -0.620. The fourth-order valence-corrected chi connectivity index (χ4v) is 2.53. The van der Waals surface area contributed by atoms with Crippen LogP contribution in [0, 0.1) is 0 Å². The topological polar surface area (TPSA) is 72.2 Å². The van der Waals surface area contributed by atoms with E-state index in [2.05, 4.69) is 4.72 Å². The van der Waals surface area contributed by atoms with Gasteiger partial charge in [-0.25, -0.2) is 13.1 Å². The molecule has 1 rings (SSSR count). The lowest BCUT2D eigenvalue weighted by Crippen LogP contribution is -2.31. The lowest BCUT2D eigenvalue weighted by molar-refractivity contribution is 0.567. The van der Waals surface area contributed by atoms with Gasteiger partial charge in [0.25, 0.3) is 0 Å². The number of hydrogen-bond donors (Lipinski definition) is 2. The van der Waals surface area contributed by atoms with Crippen molar-refractivity contribution in [2.24, 2.45) is 5.73 Å². The van der Waals surface area contributed by atoms with Gasteiger partial charge in [-0.1, -0.05) is 23.7 Å². The molecule has 6 heteroatoms. The Morgan fingerprint density at radius 3 is 2.44 bits per heavy atom. The van der Waals surface area contributed by atoms with Crippen LogP contribution in [0.5, 0.6) is 0 Å². The summed E-state index contributed by atoms with van der Waals surface area (Å²) in [4.78, 5) is 0. The van der Waals surface area contributed by atoms with Crippen molar-refractivity contribution < 1.29 is 8.42 Å². The summed E-state index contributed by atoms with van der Waals surface area (Å²) in [5.41, 5.74) is 6.08. The van der Waals surface area contributed by atoms with Crippen LogP contribution in [-0.2, 0) is 10.0 Å². The molecule has 0 fully saturated rings. The van der Waals surface area contributed by atoms with E-state index in [1.54, 1.807) is 31.2 Å². The third-order valence-corrected chi connectivity index (χ3v) is 3.85. The highest BCUT2D eigenvalue weighted by atomic mass is 35.5. The summed E-state index contributed by atoms with van der Waals surface area (Å²) in [6.07, 6.45) is 0. The minimum atomic E-state index is -3.30. The van der Waals surface area contributed by atoms with Crippen LogP contribution < -0.4 is 10.5 Å². The van der Waals surface area contributed by atoms with Gasteiger partial charge in [0.15, 0.2) is 0 Å². The molecule has 90 valence electrons. The summed E-state index contributed by atoms with van der Waals surface area (Å²) in [6.45, 7) is 1.89. The molecule has 0 amide bonds. The molecule has 1 atom stereocenters. The van der Waals surface area contributed by atoms with Crippen LogP contribution in [0.3, 0.4) is 0 Å². The number of halogens is 1. The molecule has 16 heavy (non-hydrogen) atoms. The predicted octanol–water partition coefficient (Wildman–Crippen LogP) is 1.28. The third kappa shape index (κ3) is 4.09. The Balaban J connectivity index is 2.72. The second-order valence-corrected chi connectivity index (χ2v) is 5.81. The summed E-state index contributed by atoms with van der Waals surface area (Å²) in [5.74, 6) is -0.0646. The second-order valence-electron chi connectivity index (χ2n) is 3.50. The van der Waals surface area contributed by atoms with Gasteiger partial charge in [-0.3, -0.25) is 0 Å². The zero-order valence-corrected chi connectivity index (χ0v) is 10.6. The van der Waals surface area contributed by atoms with Gasteiger partial charge < -0.3 is 5.73 Å². The van der Waals surface area contributed by atoms with Crippen LogP contribution in [-0.4, -0.2) is 20.7 Å². The summed E-state index contributed by atoms with van der Waals surface area (Å²) >= 11 is 5.74. The van der Waals surface area contributed by atoms with Gasteiger partial charge in [-0.15, -0.1) is 0 Å². The van der Waals surface area contributed by atoms with Crippen LogP contribution >= 0.6 is 11.6 Å². The first kappa shape index (κ1) is 13.4. The van der Waals surface area contributed by atoms with Gasteiger partial charge >= 0.3 is 0 Å². The van der Waals surface area contributed by atoms with Gasteiger partial charge in [0.05, 0.1) is 5.75 Å². The van der Waals surface area contributed by atoms with Crippen molar-refractivity contribution in [2.45, 2.75) is 13.0 Å². The molecule has 1 aromatic carbocycles. The van der Waals surface area contributed by atoms with E-state index in [0.717, 1.165) is 5.56 Å². The van der Waals surface area contributed by atoms with Crippen molar-refractivity contribution in [1.29, 1.82) is 0 Å². The molecular formula is C10H15ClN2O2S. The first-order chi connectivity index (χ1) is 7.44. The largest absolute Gasteiger partial charge is 0.329 e. The molecule has 0 aliphatic rings. The highest BCUT2D eigenvalue weighted by Crippen LogP contribution is 2.16. The normalized spacial score (nSPS) is 13.7. The lowest BCUT2D eigenvalue weighted by Gasteiger charge is -2.14. The minimum absolute atomic E-state index is 0.0646. The van der Waals surface area contributed by atoms with Gasteiger partial charge in [0.2, 0.25) is 10.0 Å². The second kappa shape index (κ2) is 5.63. The minimum Gasteiger partial charge on any atom is -0.329 e. The van der Waals surface area contributed by atoms with Crippen molar-refractivity contribution in [2.75, 3.05) is 12.3 Å². The van der Waals surface area contributed by atoms with Crippen molar-refractivity contribution in [3.05, 3.63) is 34.9 Å². The Labute approximate surface area is 101 Å². The number of benzene rings is 1. The molecule has 0 aliphatic heterocycles. The molecule has 4 nitrogen and oxygen atoms in total. The SMILES string of the molecule is CC(NS(=O)(=O)CCN)c1ccc(Cl)cc1. The number of nitrogens with one attached hydrogen (secondary N) is 1. The van der Waals surface area contributed by atoms with Crippen LogP contribution in [0.15, 0.2) is 24.3 Å². The molecule has 0 aromatic heterocycles. The molecule has 1 aromatic rings. The Bertz CT molecular complexity index is 431. The Morgan fingerprint density at radius 1 is 1.38 bits per heavy atom. The maximum absolute atomic E-state index is 11.5. The molecule has 1 unspecified atom stereocenters. The first-order valence-electron chi connectivity index (χ1n) is 4.90. The van der Waals surface area contributed by atoms with E-state index in [-0.39, 0.29) is 18.3 Å². The number of nitrogens with two attached hydrogens (primary N) is 1. The number of sulfonamides is 1. The molecule has 3 N–H and O–H groups in total. The van der Waals surface area contributed by atoms with E-state index in [1.807, 2.05) is 0 Å². The zero-order valence-electron chi connectivity index (χ0n) is 8.98. The molecule has 0 aliphatic carbocycles. The van der Waals surface area contributed by atoms with E-state index in [0.29, 0.717) is 5.02 Å². The van der Waals surface area contributed by atoms with Gasteiger partial charge in [0.1, 0.15) is 0 Å². The van der Waals surface area contributed by atoms with Gasteiger partial charge in [-0.05, 0) is 24.6 Å². The lowest BCUT2D eigenvalue weighted by atomic mass is 10.1. The van der Waals surface area contributed by atoms with Crippen molar-refractivity contribution in [3.63, 3.8) is 0 Å². The maximum Gasteiger partial charge on any atom is 0.213 e. The smallest absolute Gasteiger partial charge is 0.213 e. The van der Waals surface area contributed by atoms with Crippen LogP contribution in [0.1, 0.15) is 18.5 Å². The van der Waals surface area contributed by atoms with Crippen LogP contribution in [0.25, 0.3) is 0 Å². The fourth-order valence-electron chi connectivity index (χ4n) is 1.30. The van der Waals surface area contributed by atoms with E-state index >= 15 is 0 Å².